The van der Waals surface area contributed by atoms with Crippen molar-refractivity contribution in [2.24, 2.45) is 0 Å². The van der Waals surface area contributed by atoms with Gasteiger partial charge in [0.1, 0.15) is 5.75 Å². The van der Waals surface area contributed by atoms with Crippen LogP contribution < -0.4 is 4.74 Å². The summed E-state index contributed by atoms with van der Waals surface area (Å²) in [6.07, 6.45) is 7.86. The molecule has 4 rings (SSSR count). The lowest BCUT2D eigenvalue weighted by atomic mass is 9.90. The van der Waals surface area contributed by atoms with E-state index in [2.05, 4.69) is 47.4 Å². The Labute approximate surface area is 160 Å². The molecule has 0 saturated carbocycles. The second-order valence-corrected chi connectivity index (χ2v) is 7.43. The van der Waals surface area contributed by atoms with E-state index in [1.165, 1.54) is 22.3 Å². The lowest BCUT2D eigenvalue weighted by molar-refractivity contribution is 0.324. The first-order valence-corrected chi connectivity index (χ1v) is 9.64. The van der Waals surface area contributed by atoms with Crippen molar-refractivity contribution in [1.82, 2.24) is 4.90 Å². The maximum absolute atomic E-state index is 6.44. The number of methoxy groups -OCH3 is 1. The van der Waals surface area contributed by atoms with Gasteiger partial charge in [0, 0.05) is 30.2 Å². The van der Waals surface area contributed by atoms with E-state index in [9.17, 15) is 0 Å². The molecule has 0 fully saturated rings. The number of hydrogen-bond donors (Lipinski definition) is 0. The van der Waals surface area contributed by atoms with Crippen molar-refractivity contribution in [1.29, 1.82) is 0 Å². The van der Waals surface area contributed by atoms with Crippen LogP contribution >= 0.6 is 11.6 Å². The Balaban J connectivity index is 1.47. The van der Waals surface area contributed by atoms with E-state index in [4.69, 9.17) is 16.3 Å². The molecule has 2 aromatic rings. The Morgan fingerprint density at radius 2 is 1.88 bits per heavy atom. The van der Waals surface area contributed by atoms with Gasteiger partial charge >= 0.3 is 0 Å². The van der Waals surface area contributed by atoms with Gasteiger partial charge in [-0.15, -0.1) is 0 Å². The van der Waals surface area contributed by atoms with Crippen molar-refractivity contribution in [3.63, 3.8) is 0 Å². The van der Waals surface area contributed by atoms with Crippen LogP contribution in [0.1, 0.15) is 29.5 Å². The van der Waals surface area contributed by atoms with Gasteiger partial charge in [-0.2, -0.15) is 0 Å². The highest BCUT2D eigenvalue weighted by Crippen LogP contribution is 2.36. The van der Waals surface area contributed by atoms with Gasteiger partial charge in [-0.25, -0.2) is 0 Å². The van der Waals surface area contributed by atoms with Crippen molar-refractivity contribution >= 4 is 23.3 Å². The zero-order chi connectivity index (χ0) is 17.9. The quantitative estimate of drug-likeness (QED) is 0.712. The van der Waals surface area contributed by atoms with Crippen LogP contribution in [-0.4, -0.2) is 31.6 Å². The van der Waals surface area contributed by atoms with Crippen molar-refractivity contribution in [2.75, 3.05) is 26.7 Å². The molecule has 1 aliphatic heterocycles. The largest absolute Gasteiger partial charge is 0.496 e. The molecule has 2 aliphatic rings. The number of benzene rings is 2. The molecule has 0 radical (unpaired) electrons. The molecular weight excluding hydrogens is 342 g/mol. The van der Waals surface area contributed by atoms with Crippen LogP contribution in [0.5, 0.6) is 5.75 Å². The van der Waals surface area contributed by atoms with Crippen LogP contribution in [0, 0.1) is 0 Å². The summed E-state index contributed by atoms with van der Waals surface area (Å²) in [6.45, 7) is 3.14. The molecule has 0 saturated heterocycles. The molecule has 0 unspecified atom stereocenters. The van der Waals surface area contributed by atoms with Gasteiger partial charge in [-0.1, -0.05) is 59.7 Å². The first-order chi connectivity index (χ1) is 12.7. The fourth-order valence-electron chi connectivity index (χ4n) is 3.96. The smallest absolute Gasteiger partial charge is 0.122 e. The Kier molecular flexibility index (Phi) is 5.14. The number of halogens is 1. The number of rotatable bonds is 4. The van der Waals surface area contributed by atoms with Crippen LogP contribution in [0.15, 0.2) is 54.1 Å². The summed E-state index contributed by atoms with van der Waals surface area (Å²) in [7, 11) is 1.73. The highest BCUT2D eigenvalue weighted by molar-refractivity contribution is 6.32. The standard InChI is InChI=1S/C23H24ClNO/c1-26-23-10-9-22(24)21-15-17(7-8-20(21)23)16-25-13-11-19(12-14-25)18-5-3-2-4-6-18/h2-6,9-11,15H,7-8,12-14,16H2,1H3. The summed E-state index contributed by atoms with van der Waals surface area (Å²) in [4.78, 5) is 2.53. The number of ether oxygens (including phenoxy) is 1. The number of hydrogen-bond acceptors (Lipinski definition) is 2. The lowest BCUT2D eigenvalue weighted by Gasteiger charge is -2.29. The number of nitrogens with zero attached hydrogens (tertiary/aromatic N) is 1. The highest BCUT2D eigenvalue weighted by atomic mass is 35.5. The van der Waals surface area contributed by atoms with E-state index >= 15 is 0 Å². The second kappa shape index (κ2) is 7.69. The zero-order valence-electron chi connectivity index (χ0n) is 15.2. The second-order valence-electron chi connectivity index (χ2n) is 7.02. The predicted octanol–water partition coefficient (Wildman–Crippen LogP) is 5.47. The van der Waals surface area contributed by atoms with Crippen molar-refractivity contribution in [3.8, 4) is 5.75 Å². The van der Waals surface area contributed by atoms with Gasteiger partial charge in [0.25, 0.3) is 0 Å². The van der Waals surface area contributed by atoms with Crippen molar-refractivity contribution in [2.45, 2.75) is 19.3 Å². The summed E-state index contributed by atoms with van der Waals surface area (Å²) in [5.41, 5.74) is 6.68. The molecule has 0 bridgehead atoms. The van der Waals surface area contributed by atoms with Crippen LogP contribution in [0.3, 0.4) is 0 Å². The third-order valence-electron chi connectivity index (χ3n) is 5.39. The van der Waals surface area contributed by atoms with E-state index in [0.717, 1.165) is 55.2 Å². The van der Waals surface area contributed by atoms with E-state index < -0.39 is 0 Å². The van der Waals surface area contributed by atoms with Crippen LogP contribution in [0.25, 0.3) is 11.6 Å². The molecule has 1 aliphatic carbocycles. The molecule has 0 amide bonds. The highest BCUT2D eigenvalue weighted by Gasteiger charge is 2.20. The minimum absolute atomic E-state index is 0.822. The molecule has 3 heteroatoms. The molecule has 26 heavy (non-hydrogen) atoms. The SMILES string of the molecule is COc1ccc(Cl)c2c1CCC(CN1CC=C(c3ccccc3)CC1)=C2. The first kappa shape index (κ1) is 17.4. The van der Waals surface area contributed by atoms with E-state index in [0.29, 0.717) is 0 Å². The van der Waals surface area contributed by atoms with Gasteiger partial charge in [0.05, 0.1) is 7.11 Å². The maximum atomic E-state index is 6.44. The van der Waals surface area contributed by atoms with Gasteiger partial charge in [-0.3, -0.25) is 4.90 Å². The summed E-state index contributed by atoms with van der Waals surface area (Å²) in [5.74, 6) is 0.952. The van der Waals surface area contributed by atoms with Gasteiger partial charge in [-0.05, 0) is 48.1 Å². The van der Waals surface area contributed by atoms with Gasteiger partial charge in [0.2, 0.25) is 0 Å². The number of fused-ring (bicyclic) bond motifs is 1. The summed E-state index contributed by atoms with van der Waals surface area (Å²) < 4.78 is 5.50. The van der Waals surface area contributed by atoms with Crippen LogP contribution in [0.2, 0.25) is 5.02 Å². The van der Waals surface area contributed by atoms with Crippen molar-refractivity contribution < 1.29 is 4.74 Å². The Morgan fingerprint density at radius 3 is 2.62 bits per heavy atom. The predicted molar refractivity (Wildman–Crippen MR) is 110 cm³/mol. The summed E-state index contributed by atoms with van der Waals surface area (Å²) in [5, 5.41) is 0.822. The van der Waals surface area contributed by atoms with Crippen molar-refractivity contribution in [3.05, 3.63) is 75.8 Å². The third kappa shape index (κ3) is 3.58. The Bertz CT molecular complexity index is 854. The molecule has 0 N–H and O–H groups in total. The Hall–Kier alpha value is -2.03. The van der Waals surface area contributed by atoms with E-state index in [1.54, 1.807) is 7.11 Å². The molecule has 1 heterocycles. The molecule has 2 aromatic carbocycles. The van der Waals surface area contributed by atoms with Gasteiger partial charge in [0.15, 0.2) is 0 Å². The minimum Gasteiger partial charge on any atom is -0.496 e. The van der Waals surface area contributed by atoms with Gasteiger partial charge < -0.3 is 4.74 Å². The topological polar surface area (TPSA) is 12.5 Å². The molecule has 0 atom stereocenters. The van der Waals surface area contributed by atoms with Crippen LogP contribution in [0.4, 0.5) is 0 Å². The molecule has 134 valence electrons. The Morgan fingerprint density at radius 1 is 1.04 bits per heavy atom. The summed E-state index contributed by atoms with van der Waals surface area (Å²) in [6, 6.07) is 14.6. The molecule has 2 nitrogen and oxygen atoms in total. The minimum atomic E-state index is 0.822. The zero-order valence-corrected chi connectivity index (χ0v) is 15.9. The average Bonchev–Trinajstić information content (AvgIpc) is 2.70. The molecule has 0 spiro atoms. The molecule has 0 aromatic heterocycles. The van der Waals surface area contributed by atoms with E-state index in [1.807, 2.05) is 12.1 Å². The third-order valence-corrected chi connectivity index (χ3v) is 5.72. The maximum Gasteiger partial charge on any atom is 0.122 e. The first-order valence-electron chi connectivity index (χ1n) is 9.26. The molecular formula is C23H24ClNO. The summed E-state index contributed by atoms with van der Waals surface area (Å²) >= 11 is 6.44. The monoisotopic (exact) mass is 365 g/mol. The van der Waals surface area contributed by atoms with Crippen LogP contribution in [-0.2, 0) is 6.42 Å². The average molecular weight is 366 g/mol. The lowest BCUT2D eigenvalue weighted by Crippen LogP contribution is -2.31. The fourth-order valence-corrected chi connectivity index (χ4v) is 4.20. The fraction of sp³-hybridized carbons (Fsp3) is 0.304. The normalized spacial score (nSPS) is 17.3. The van der Waals surface area contributed by atoms with E-state index in [-0.39, 0.29) is 0 Å².